The van der Waals surface area contributed by atoms with Gasteiger partial charge in [0, 0.05) is 13.1 Å². The SMILES string of the molecule is Cc1cccc(OCC(=O)O)c1.O=CN(Cc1ccccc1)Cc1ccccc1. The smallest absolute Gasteiger partial charge is 0.341 e. The Kier molecular flexibility index (Phi) is 8.96. The molecule has 3 aromatic rings. The second-order valence-electron chi connectivity index (χ2n) is 6.48. The van der Waals surface area contributed by atoms with Crippen LogP contribution < -0.4 is 4.74 Å². The van der Waals surface area contributed by atoms with Gasteiger partial charge in [0.05, 0.1) is 0 Å². The Morgan fingerprint density at radius 2 is 1.45 bits per heavy atom. The standard InChI is InChI=1S/C15H15NO.C9H10O3/c17-13-16(11-14-7-3-1-4-8-14)12-15-9-5-2-6-10-15;1-7-3-2-4-8(5-7)12-6-9(10)11/h1-10,13H,11-12H2;2-5H,6H2,1H3,(H,10,11). The molecule has 0 heterocycles. The highest BCUT2D eigenvalue weighted by atomic mass is 16.5. The number of nitrogens with zero attached hydrogens (tertiary/aromatic N) is 1. The van der Waals surface area contributed by atoms with E-state index in [0.717, 1.165) is 23.1 Å². The number of hydrogen-bond acceptors (Lipinski definition) is 3. The Balaban J connectivity index is 0.000000221. The van der Waals surface area contributed by atoms with Gasteiger partial charge in [-0.15, -0.1) is 0 Å². The summed E-state index contributed by atoms with van der Waals surface area (Å²) in [5.74, 6) is -0.367. The molecular formula is C24H25NO4. The third kappa shape index (κ3) is 8.75. The molecule has 0 fully saturated rings. The minimum atomic E-state index is -0.962. The number of carbonyl (C=O) groups is 2. The van der Waals surface area contributed by atoms with E-state index in [1.54, 1.807) is 17.0 Å². The number of carboxylic acids is 1. The minimum absolute atomic E-state index is 0.288. The van der Waals surface area contributed by atoms with Crippen molar-refractivity contribution < 1.29 is 19.4 Å². The van der Waals surface area contributed by atoms with Crippen LogP contribution in [0.3, 0.4) is 0 Å². The van der Waals surface area contributed by atoms with Crippen molar-refractivity contribution in [3.63, 3.8) is 0 Å². The molecule has 1 N–H and O–H groups in total. The summed E-state index contributed by atoms with van der Waals surface area (Å²) in [6.07, 6.45) is 0.903. The molecule has 0 unspecified atom stereocenters. The second kappa shape index (κ2) is 12.0. The van der Waals surface area contributed by atoms with Crippen LogP contribution in [0.2, 0.25) is 0 Å². The molecule has 29 heavy (non-hydrogen) atoms. The van der Waals surface area contributed by atoms with Crippen LogP contribution in [0.15, 0.2) is 84.9 Å². The lowest BCUT2D eigenvalue weighted by Gasteiger charge is -2.17. The molecule has 0 saturated heterocycles. The Labute approximate surface area is 171 Å². The van der Waals surface area contributed by atoms with E-state index < -0.39 is 5.97 Å². The monoisotopic (exact) mass is 391 g/mol. The van der Waals surface area contributed by atoms with Crippen molar-refractivity contribution in [1.82, 2.24) is 4.90 Å². The molecule has 0 saturated carbocycles. The van der Waals surface area contributed by atoms with Crippen molar-refractivity contribution in [3.8, 4) is 5.75 Å². The molecule has 0 atom stereocenters. The molecule has 0 aromatic heterocycles. The molecule has 150 valence electrons. The van der Waals surface area contributed by atoms with Crippen molar-refractivity contribution in [3.05, 3.63) is 102 Å². The quantitative estimate of drug-likeness (QED) is 0.581. The van der Waals surface area contributed by atoms with Crippen molar-refractivity contribution in [2.75, 3.05) is 6.61 Å². The van der Waals surface area contributed by atoms with Crippen LogP contribution in [-0.2, 0) is 22.7 Å². The van der Waals surface area contributed by atoms with Gasteiger partial charge in [0.1, 0.15) is 5.75 Å². The zero-order valence-corrected chi connectivity index (χ0v) is 16.4. The van der Waals surface area contributed by atoms with E-state index in [4.69, 9.17) is 9.84 Å². The Hall–Kier alpha value is -3.60. The molecule has 5 heteroatoms. The van der Waals surface area contributed by atoms with Gasteiger partial charge in [0.25, 0.3) is 0 Å². The fourth-order valence-electron chi connectivity index (χ4n) is 2.62. The number of aryl methyl sites for hydroxylation is 1. The van der Waals surface area contributed by atoms with Gasteiger partial charge in [-0.3, -0.25) is 4.79 Å². The number of amides is 1. The van der Waals surface area contributed by atoms with E-state index in [-0.39, 0.29) is 6.61 Å². The highest BCUT2D eigenvalue weighted by molar-refractivity contribution is 5.68. The van der Waals surface area contributed by atoms with Crippen molar-refractivity contribution in [2.24, 2.45) is 0 Å². The summed E-state index contributed by atoms with van der Waals surface area (Å²) in [4.78, 5) is 22.9. The maximum absolute atomic E-state index is 11.0. The minimum Gasteiger partial charge on any atom is -0.482 e. The molecule has 0 aliphatic carbocycles. The molecule has 0 bridgehead atoms. The largest absolute Gasteiger partial charge is 0.482 e. The van der Waals surface area contributed by atoms with E-state index in [9.17, 15) is 9.59 Å². The van der Waals surface area contributed by atoms with Gasteiger partial charge in [0.15, 0.2) is 6.61 Å². The first-order valence-electron chi connectivity index (χ1n) is 9.25. The van der Waals surface area contributed by atoms with Crippen LogP contribution in [0.25, 0.3) is 0 Å². The number of benzene rings is 3. The van der Waals surface area contributed by atoms with Gasteiger partial charge in [-0.25, -0.2) is 4.79 Å². The summed E-state index contributed by atoms with van der Waals surface area (Å²) in [5.41, 5.74) is 3.35. The number of carbonyl (C=O) groups excluding carboxylic acids is 1. The highest BCUT2D eigenvalue weighted by Gasteiger charge is 2.03. The first-order chi connectivity index (χ1) is 14.1. The van der Waals surface area contributed by atoms with Crippen LogP contribution in [0.5, 0.6) is 5.75 Å². The van der Waals surface area contributed by atoms with Gasteiger partial charge in [-0.1, -0.05) is 72.8 Å². The molecule has 1 amide bonds. The molecule has 0 spiro atoms. The maximum Gasteiger partial charge on any atom is 0.341 e. The molecule has 5 nitrogen and oxygen atoms in total. The number of rotatable bonds is 8. The second-order valence-corrected chi connectivity index (χ2v) is 6.48. The molecule has 3 rings (SSSR count). The van der Waals surface area contributed by atoms with Crippen LogP contribution >= 0.6 is 0 Å². The summed E-state index contributed by atoms with van der Waals surface area (Å²) in [5, 5.41) is 8.32. The van der Waals surface area contributed by atoms with Gasteiger partial charge >= 0.3 is 5.97 Å². The topological polar surface area (TPSA) is 66.8 Å². The van der Waals surface area contributed by atoms with E-state index in [0.29, 0.717) is 18.8 Å². The average molecular weight is 391 g/mol. The highest BCUT2D eigenvalue weighted by Crippen LogP contribution is 2.11. The van der Waals surface area contributed by atoms with Crippen molar-refractivity contribution >= 4 is 12.4 Å². The third-order valence-corrected chi connectivity index (χ3v) is 3.96. The molecule has 0 aliphatic rings. The third-order valence-electron chi connectivity index (χ3n) is 3.96. The van der Waals surface area contributed by atoms with E-state index in [2.05, 4.69) is 0 Å². The Morgan fingerprint density at radius 3 is 1.90 bits per heavy atom. The average Bonchev–Trinajstić information content (AvgIpc) is 2.74. The van der Waals surface area contributed by atoms with E-state index in [1.165, 1.54) is 0 Å². The lowest BCUT2D eigenvalue weighted by Crippen LogP contribution is -2.20. The molecule has 0 radical (unpaired) electrons. The number of carboxylic acid groups (broad SMARTS) is 1. The first kappa shape index (κ1) is 21.7. The Bertz CT molecular complexity index is 840. The first-order valence-corrected chi connectivity index (χ1v) is 9.25. The predicted octanol–water partition coefficient (Wildman–Crippen LogP) is 4.30. The number of hydrogen-bond donors (Lipinski definition) is 1. The Morgan fingerprint density at radius 1 is 0.897 bits per heavy atom. The summed E-state index contributed by atoms with van der Waals surface area (Å²) in [6, 6.07) is 27.3. The van der Waals surface area contributed by atoms with Gasteiger partial charge < -0.3 is 14.7 Å². The van der Waals surface area contributed by atoms with Crippen LogP contribution in [0.4, 0.5) is 0 Å². The van der Waals surface area contributed by atoms with E-state index >= 15 is 0 Å². The fraction of sp³-hybridized carbons (Fsp3) is 0.167. The van der Waals surface area contributed by atoms with Crippen molar-refractivity contribution in [2.45, 2.75) is 20.0 Å². The van der Waals surface area contributed by atoms with Crippen molar-refractivity contribution in [1.29, 1.82) is 0 Å². The van der Waals surface area contributed by atoms with Crippen LogP contribution in [-0.4, -0.2) is 29.0 Å². The van der Waals surface area contributed by atoms with Crippen LogP contribution in [0.1, 0.15) is 16.7 Å². The fourth-order valence-corrected chi connectivity index (χ4v) is 2.62. The zero-order valence-electron chi connectivity index (χ0n) is 16.4. The van der Waals surface area contributed by atoms with Gasteiger partial charge in [-0.05, 0) is 35.7 Å². The van der Waals surface area contributed by atoms with Gasteiger partial charge in [0.2, 0.25) is 6.41 Å². The summed E-state index contributed by atoms with van der Waals surface area (Å²) in [6.45, 7) is 2.94. The predicted molar refractivity (Wildman–Crippen MR) is 113 cm³/mol. The number of aliphatic carboxylic acids is 1. The summed E-state index contributed by atoms with van der Waals surface area (Å²) in [7, 11) is 0. The van der Waals surface area contributed by atoms with E-state index in [1.807, 2.05) is 79.7 Å². The van der Waals surface area contributed by atoms with Crippen LogP contribution in [0, 0.1) is 6.92 Å². The molecular weight excluding hydrogens is 366 g/mol. The lowest BCUT2D eigenvalue weighted by molar-refractivity contribution is -0.139. The lowest BCUT2D eigenvalue weighted by atomic mass is 10.2. The maximum atomic E-state index is 11.0. The van der Waals surface area contributed by atoms with Gasteiger partial charge in [-0.2, -0.15) is 0 Å². The summed E-state index contributed by atoms with van der Waals surface area (Å²) >= 11 is 0. The summed E-state index contributed by atoms with van der Waals surface area (Å²) < 4.78 is 4.95. The molecule has 0 aliphatic heterocycles. The normalized spacial score (nSPS) is 9.69. The number of ether oxygens (including phenoxy) is 1. The zero-order chi connectivity index (χ0) is 20.9. The molecule has 3 aromatic carbocycles.